The highest BCUT2D eigenvalue weighted by molar-refractivity contribution is 6.01. The van der Waals surface area contributed by atoms with E-state index >= 15 is 0 Å². The quantitative estimate of drug-likeness (QED) is 0.512. The van der Waals surface area contributed by atoms with E-state index in [1.54, 1.807) is 24.3 Å². The predicted molar refractivity (Wildman–Crippen MR) is 78.9 cm³/mol. The summed E-state index contributed by atoms with van der Waals surface area (Å²) in [5, 5.41) is 11.8. The van der Waals surface area contributed by atoms with Gasteiger partial charge in [-0.2, -0.15) is 5.26 Å². The third-order valence-electron chi connectivity index (χ3n) is 3.06. The van der Waals surface area contributed by atoms with Gasteiger partial charge in [0.15, 0.2) is 11.5 Å². The topological polar surface area (TPSA) is 71.4 Å². The highest BCUT2D eigenvalue weighted by Crippen LogP contribution is 2.31. The van der Waals surface area contributed by atoms with Crippen LogP contribution in [0, 0.1) is 11.3 Å². The molecule has 0 saturated heterocycles. The minimum Gasteiger partial charge on any atom is -0.486 e. The molecule has 1 amide bonds. The first-order valence-corrected chi connectivity index (χ1v) is 7.04. The first-order chi connectivity index (χ1) is 10.2. The molecule has 1 aliphatic rings. The fourth-order valence-electron chi connectivity index (χ4n) is 1.94. The molecule has 0 unspecified atom stereocenters. The van der Waals surface area contributed by atoms with Crippen LogP contribution in [-0.2, 0) is 4.79 Å². The van der Waals surface area contributed by atoms with Crippen LogP contribution in [0.1, 0.15) is 25.3 Å². The number of ether oxygens (including phenoxy) is 2. The number of nitrogens with zero attached hydrogens (tertiary/aromatic N) is 1. The number of rotatable bonds is 5. The molecule has 2 rings (SSSR count). The van der Waals surface area contributed by atoms with Gasteiger partial charge in [0.05, 0.1) is 0 Å². The molecule has 0 aliphatic carbocycles. The molecule has 1 aromatic rings. The summed E-state index contributed by atoms with van der Waals surface area (Å²) < 4.78 is 10.9. The summed E-state index contributed by atoms with van der Waals surface area (Å²) in [5.74, 6) is 0.976. The first kappa shape index (κ1) is 14.9. The van der Waals surface area contributed by atoms with Crippen molar-refractivity contribution in [2.24, 2.45) is 0 Å². The highest BCUT2D eigenvalue weighted by Gasteiger charge is 2.13. The summed E-state index contributed by atoms with van der Waals surface area (Å²) in [6, 6.07) is 7.28. The van der Waals surface area contributed by atoms with Gasteiger partial charge in [0.25, 0.3) is 5.91 Å². The van der Waals surface area contributed by atoms with Crippen LogP contribution >= 0.6 is 0 Å². The first-order valence-electron chi connectivity index (χ1n) is 7.04. The Hall–Kier alpha value is -2.48. The standard InChI is InChI=1S/C16H18N2O3/c1-2-3-6-18-16(19)13(11-17)9-12-4-5-14-15(10-12)21-8-7-20-14/h4-5,9-10H,2-3,6-8H2,1H3,(H,18,19)/b13-9-. The molecule has 1 N–H and O–H groups in total. The van der Waals surface area contributed by atoms with Gasteiger partial charge in [0.2, 0.25) is 0 Å². The zero-order chi connectivity index (χ0) is 15.1. The Morgan fingerprint density at radius 1 is 1.38 bits per heavy atom. The highest BCUT2D eigenvalue weighted by atomic mass is 16.6. The number of hydrogen-bond donors (Lipinski definition) is 1. The van der Waals surface area contributed by atoms with Gasteiger partial charge in [-0.3, -0.25) is 4.79 Å². The summed E-state index contributed by atoms with van der Waals surface area (Å²) >= 11 is 0. The molecule has 21 heavy (non-hydrogen) atoms. The predicted octanol–water partition coefficient (Wildman–Crippen LogP) is 2.28. The molecule has 5 heteroatoms. The lowest BCUT2D eigenvalue weighted by atomic mass is 10.1. The number of amides is 1. The van der Waals surface area contributed by atoms with Crippen molar-refractivity contribution in [3.8, 4) is 17.6 Å². The molecule has 5 nitrogen and oxygen atoms in total. The minimum absolute atomic E-state index is 0.0859. The smallest absolute Gasteiger partial charge is 0.261 e. The van der Waals surface area contributed by atoms with E-state index in [0.717, 1.165) is 18.4 Å². The number of carbonyl (C=O) groups is 1. The lowest BCUT2D eigenvalue weighted by molar-refractivity contribution is -0.117. The van der Waals surface area contributed by atoms with E-state index in [-0.39, 0.29) is 11.5 Å². The molecule has 0 radical (unpaired) electrons. The van der Waals surface area contributed by atoms with Crippen molar-refractivity contribution >= 4 is 12.0 Å². The lowest BCUT2D eigenvalue weighted by Gasteiger charge is -2.18. The van der Waals surface area contributed by atoms with Crippen LogP contribution < -0.4 is 14.8 Å². The van der Waals surface area contributed by atoms with Crippen LogP contribution in [0.4, 0.5) is 0 Å². The average Bonchev–Trinajstić information content (AvgIpc) is 2.52. The SMILES string of the molecule is CCCCNC(=O)/C(C#N)=C\c1ccc2c(c1)OCCO2. The van der Waals surface area contributed by atoms with Crippen LogP contribution in [0.3, 0.4) is 0 Å². The number of benzene rings is 1. The van der Waals surface area contributed by atoms with Gasteiger partial charge in [-0.15, -0.1) is 0 Å². The third-order valence-corrected chi connectivity index (χ3v) is 3.06. The maximum absolute atomic E-state index is 11.9. The molecule has 1 heterocycles. The van der Waals surface area contributed by atoms with E-state index in [1.165, 1.54) is 0 Å². The van der Waals surface area contributed by atoms with Gasteiger partial charge < -0.3 is 14.8 Å². The van der Waals surface area contributed by atoms with Crippen molar-refractivity contribution in [2.75, 3.05) is 19.8 Å². The summed E-state index contributed by atoms with van der Waals surface area (Å²) in [6.45, 7) is 3.66. The van der Waals surface area contributed by atoms with Gasteiger partial charge in [-0.05, 0) is 30.2 Å². The van der Waals surface area contributed by atoms with E-state index < -0.39 is 0 Å². The van der Waals surface area contributed by atoms with Crippen LogP contribution in [-0.4, -0.2) is 25.7 Å². The van der Waals surface area contributed by atoms with Crippen molar-refractivity contribution in [1.82, 2.24) is 5.32 Å². The molecule has 0 fully saturated rings. The fourth-order valence-corrected chi connectivity index (χ4v) is 1.94. The Balaban J connectivity index is 2.12. The van der Waals surface area contributed by atoms with E-state index in [2.05, 4.69) is 5.32 Å². The molecule has 110 valence electrons. The Bertz CT molecular complexity index is 588. The molecule has 1 aromatic carbocycles. The van der Waals surface area contributed by atoms with Gasteiger partial charge in [0, 0.05) is 6.54 Å². The number of nitrogens with one attached hydrogen (secondary N) is 1. The van der Waals surface area contributed by atoms with Crippen molar-refractivity contribution < 1.29 is 14.3 Å². The Morgan fingerprint density at radius 2 is 2.14 bits per heavy atom. The normalized spacial score (nSPS) is 13.4. The summed E-state index contributed by atoms with van der Waals surface area (Å²) in [4.78, 5) is 11.9. The number of hydrogen-bond acceptors (Lipinski definition) is 4. The van der Waals surface area contributed by atoms with Crippen LogP contribution in [0.25, 0.3) is 6.08 Å². The monoisotopic (exact) mass is 286 g/mol. The number of fused-ring (bicyclic) bond motifs is 1. The second-order valence-electron chi connectivity index (χ2n) is 4.68. The Morgan fingerprint density at radius 3 is 2.86 bits per heavy atom. The maximum atomic E-state index is 11.9. The number of nitriles is 1. The molecule has 0 saturated carbocycles. The molecule has 0 aromatic heterocycles. The second kappa shape index (κ2) is 7.34. The van der Waals surface area contributed by atoms with E-state index in [1.807, 2.05) is 13.0 Å². The van der Waals surface area contributed by atoms with Crippen LogP contribution in [0.5, 0.6) is 11.5 Å². The maximum Gasteiger partial charge on any atom is 0.261 e. The van der Waals surface area contributed by atoms with Gasteiger partial charge in [0.1, 0.15) is 24.9 Å². The Labute approximate surface area is 124 Å². The lowest BCUT2D eigenvalue weighted by Crippen LogP contribution is -2.25. The third kappa shape index (κ3) is 3.99. The van der Waals surface area contributed by atoms with E-state index in [4.69, 9.17) is 14.7 Å². The van der Waals surface area contributed by atoms with Crippen molar-refractivity contribution in [3.63, 3.8) is 0 Å². The molecule has 0 bridgehead atoms. The summed E-state index contributed by atoms with van der Waals surface area (Å²) in [6.07, 6.45) is 3.45. The summed E-state index contributed by atoms with van der Waals surface area (Å²) in [7, 11) is 0. The zero-order valence-electron chi connectivity index (χ0n) is 12.0. The average molecular weight is 286 g/mol. The van der Waals surface area contributed by atoms with Gasteiger partial charge in [-0.1, -0.05) is 19.4 Å². The molecule has 1 aliphatic heterocycles. The zero-order valence-corrected chi connectivity index (χ0v) is 12.0. The van der Waals surface area contributed by atoms with Crippen molar-refractivity contribution in [3.05, 3.63) is 29.3 Å². The molecule has 0 atom stereocenters. The summed E-state index contributed by atoms with van der Waals surface area (Å²) in [5.41, 5.74) is 0.823. The largest absolute Gasteiger partial charge is 0.486 e. The molecular formula is C16H18N2O3. The van der Waals surface area contributed by atoms with Gasteiger partial charge >= 0.3 is 0 Å². The number of carbonyl (C=O) groups excluding carboxylic acids is 1. The van der Waals surface area contributed by atoms with Crippen LogP contribution in [0.2, 0.25) is 0 Å². The fraction of sp³-hybridized carbons (Fsp3) is 0.375. The molecular weight excluding hydrogens is 268 g/mol. The van der Waals surface area contributed by atoms with Crippen LogP contribution in [0.15, 0.2) is 23.8 Å². The van der Waals surface area contributed by atoms with E-state index in [9.17, 15) is 4.79 Å². The number of unbranched alkanes of at least 4 members (excludes halogenated alkanes) is 1. The van der Waals surface area contributed by atoms with Gasteiger partial charge in [-0.25, -0.2) is 0 Å². The molecule has 0 spiro atoms. The van der Waals surface area contributed by atoms with E-state index in [0.29, 0.717) is 31.3 Å². The van der Waals surface area contributed by atoms with Crippen molar-refractivity contribution in [2.45, 2.75) is 19.8 Å². The Kier molecular flexibility index (Phi) is 5.22. The second-order valence-corrected chi connectivity index (χ2v) is 4.68. The minimum atomic E-state index is -0.346. The van der Waals surface area contributed by atoms with Crippen molar-refractivity contribution in [1.29, 1.82) is 5.26 Å².